The molecule has 4 aromatic rings. The number of hydrogen-bond acceptors (Lipinski definition) is 7. The molecule has 0 unspecified atom stereocenters. The lowest BCUT2D eigenvalue weighted by Gasteiger charge is -2.25. The highest BCUT2D eigenvalue weighted by atomic mass is 32.2. The van der Waals surface area contributed by atoms with Crippen LogP contribution in [0, 0.1) is 0 Å². The first-order valence-electron chi connectivity index (χ1n) is 10.6. The van der Waals surface area contributed by atoms with Crippen molar-refractivity contribution in [2.45, 2.75) is 30.3 Å². The van der Waals surface area contributed by atoms with Crippen molar-refractivity contribution in [1.82, 2.24) is 15.0 Å². The number of aliphatic hydroxyl groups is 1. The number of benzene rings is 2. The van der Waals surface area contributed by atoms with Crippen LogP contribution in [0.15, 0.2) is 66.0 Å². The molecule has 4 N–H and O–H groups in total. The number of nitrogens with zero attached hydrogens (tertiary/aromatic N) is 3. The largest absolute Gasteiger partial charge is 0.418 e. The van der Waals surface area contributed by atoms with E-state index in [4.69, 9.17) is 5.14 Å². The van der Waals surface area contributed by atoms with E-state index in [1.54, 1.807) is 26.0 Å². The van der Waals surface area contributed by atoms with Gasteiger partial charge in [-0.1, -0.05) is 19.9 Å². The second kappa shape index (κ2) is 9.12. The van der Waals surface area contributed by atoms with E-state index >= 15 is 0 Å². The fourth-order valence-electron chi connectivity index (χ4n) is 3.77. The molecule has 2 heterocycles. The number of anilines is 2. The summed E-state index contributed by atoms with van der Waals surface area (Å²) in [5.41, 5.74) is -0.591. The monoisotopic (exact) mass is 517 g/mol. The molecule has 0 radical (unpaired) electrons. The fraction of sp³-hybridized carbons (Fsp3) is 0.208. The van der Waals surface area contributed by atoms with Crippen molar-refractivity contribution in [3.63, 3.8) is 0 Å². The SMILES string of the molecule is CC(C)(CO)c1cc(Nc2ncnc3cc(-c4ncccc4C(F)(F)F)ccc23)ccc1S(N)(=O)=O. The zero-order valence-corrected chi connectivity index (χ0v) is 20.0. The van der Waals surface area contributed by atoms with Crippen molar-refractivity contribution in [2.24, 2.45) is 5.14 Å². The average Bonchev–Trinajstić information content (AvgIpc) is 2.82. The van der Waals surface area contributed by atoms with Gasteiger partial charge < -0.3 is 10.4 Å². The van der Waals surface area contributed by atoms with Crippen LogP contribution in [0.1, 0.15) is 25.0 Å². The average molecular weight is 518 g/mol. The highest BCUT2D eigenvalue weighted by Gasteiger charge is 2.34. The molecule has 0 aliphatic heterocycles. The van der Waals surface area contributed by atoms with Crippen molar-refractivity contribution in [3.8, 4) is 11.3 Å². The molecule has 0 saturated carbocycles. The first kappa shape index (κ1) is 25.5. The minimum atomic E-state index is -4.57. The summed E-state index contributed by atoms with van der Waals surface area (Å²) in [7, 11) is -4.05. The molecule has 2 aromatic heterocycles. The molecule has 36 heavy (non-hydrogen) atoms. The summed E-state index contributed by atoms with van der Waals surface area (Å²) in [6, 6.07) is 11.2. The van der Waals surface area contributed by atoms with Gasteiger partial charge in [0, 0.05) is 28.2 Å². The minimum absolute atomic E-state index is 0.111. The molecular formula is C24H22F3N5O3S. The van der Waals surface area contributed by atoms with E-state index in [-0.39, 0.29) is 22.8 Å². The van der Waals surface area contributed by atoms with Crippen molar-refractivity contribution >= 4 is 32.4 Å². The molecule has 188 valence electrons. The first-order valence-corrected chi connectivity index (χ1v) is 12.2. The van der Waals surface area contributed by atoms with E-state index in [1.807, 2.05) is 0 Å². The van der Waals surface area contributed by atoms with Gasteiger partial charge in [0.1, 0.15) is 12.1 Å². The van der Waals surface area contributed by atoms with Crippen LogP contribution in [-0.4, -0.2) is 35.1 Å². The van der Waals surface area contributed by atoms with Crippen molar-refractivity contribution in [2.75, 3.05) is 11.9 Å². The number of fused-ring (bicyclic) bond motifs is 1. The fourth-order valence-corrected chi connectivity index (χ4v) is 4.67. The van der Waals surface area contributed by atoms with Gasteiger partial charge in [0.05, 0.1) is 28.3 Å². The second-order valence-corrected chi connectivity index (χ2v) is 10.3. The number of nitrogens with two attached hydrogens (primary N) is 1. The Kier molecular flexibility index (Phi) is 6.45. The topological polar surface area (TPSA) is 131 Å². The molecule has 4 rings (SSSR count). The van der Waals surface area contributed by atoms with E-state index in [9.17, 15) is 26.7 Å². The lowest BCUT2D eigenvalue weighted by atomic mass is 9.85. The number of aliphatic hydroxyl groups excluding tert-OH is 1. The predicted molar refractivity (Wildman–Crippen MR) is 129 cm³/mol. The minimum Gasteiger partial charge on any atom is -0.395 e. The lowest BCUT2D eigenvalue weighted by molar-refractivity contribution is -0.137. The third-order valence-electron chi connectivity index (χ3n) is 5.70. The number of sulfonamides is 1. The van der Waals surface area contributed by atoms with Crippen molar-refractivity contribution in [1.29, 1.82) is 0 Å². The number of aromatic nitrogens is 3. The van der Waals surface area contributed by atoms with Crippen LogP contribution in [0.2, 0.25) is 0 Å². The van der Waals surface area contributed by atoms with Crippen LogP contribution < -0.4 is 10.5 Å². The maximum absolute atomic E-state index is 13.5. The predicted octanol–water partition coefficient (Wildman–Crippen LogP) is 4.37. The molecule has 8 nitrogen and oxygen atoms in total. The van der Waals surface area contributed by atoms with E-state index in [0.717, 1.165) is 6.07 Å². The summed E-state index contributed by atoms with van der Waals surface area (Å²) >= 11 is 0. The van der Waals surface area contributed by atoms with Gasteiger partial charge in [-0.3, -0.25) is 4.98 Å². The summed E-state index contributed by atoms with van der Waals surface area (Å²) in [6.45, 7) is 3.02. The third kappa shape index (κ3) is 5.01. The Hall–Kier alpha value is -3.61. The van der Waals surface area contributed by atoms with Gasteiger partial charge in [-0.2, -0.15) is 13.2 Å². The van der Waals surface area contributed by atoms with Gasteiger partial charge in [-0.25, -0.2) is 23.5 Å². The van der Waals surface area contributed by atoms with Crippen LogP contribution in [0.3, 0.4) is 0 Å². The molecule has 0 fully saturated rings. The summed E-state index contributed by atoms with van der Waals surface area (Å²) in [4.78, 5) is 12.2. The highest BCUT2D eigenvalue weighted by Crippen LogP contribution is 2.37. The van der Waals surface area contributed by atoms with E-state index < -0.39 is 27.2 Å². The van der Waals surface area contributed by atoms with Crippen LogP contribution in [-0.2, 0) is 21.6 Å². The molecule has 0 amide bonds. The molecular weight excluding hydrogens is 495 g/mol. The molecule has 0 spiro atoms. The number of pyridine rings is 1. The molecule has 12 heteroatoms. The van der Waals surface area contributed by atoms with Crippen molar-refractivity contribution in [3.05, 3.63) is 72.2 Å². The van der Waals surface area contributed by atoms with Gasteiger partial charge in [0.2, 0.25) is 10.0 Å². The summed E-state index contributed by atoms with van der Waals surface area (Å²) in [5.74, 6) is 0.347. The zero-order chi connectivity index (χ0) is 26.3. The number of halogens is 3. The maximum atomic E-state index is 13.5. The molecule has 0 aliphatic rings. The van der Waals surface area contributed by atoms with Crippen LogP contribution >= 0.6 is 0 Å². The summed E-state index contributed by atoms with van der Waals surface area (Å²) < 4.78 is 64.5. The molecule has 0 aliphatic carbocycles. The van der Waals surface area contributed by atoms with Gasteiger partial charge in [0.25, 0.3) is 0 Å². The number of hydrogen-bond donors (Lipinski definition) is 3. The molecule has 2 aromatic carbocycles. The van der Waals surface area contributed by atoms with Crippen molar-refractivity contribution < 1.29 is 26.7 Å². The Bertz CT molecular complexity index is 1560. The third-order valence-corrected chi connectivity index (χ3v) is 6.67. The first-order chi connectivity index (χ1) is 16.8. The van der Waals surface area contributed by atoms with Gasteiger partial charge in [-0.15, -0.1) is 0 Å². The van der Waals surface area contributed by atoms with Crippen LogP contribution in [0.25, 0.3) is 22.2 Å². The van der Waals surface area contributed by atoms with Gasteiger partial charge >= 0.3 is 6.18 Å². The molecule has 0 saturated heterocycles. The molecule has 0 bridgehead atoms. The Balaban J connectivity index is 1.77. The number of alkyl halides is 3. The highest BCUT2D eigenvalue weighted by molar-refractivity contribution is 7.89. The lowest BCUT2D eigenvalue weighted by Crippen LogP contribution is -2.27. The standard InChI is InChI=1S/C24H22F3N5O3S/c1-23(2,12-33)18-11-15(6-8-20(18)36(28,34)35)32-22-16-7-5-14(10-19(16)30-13-31-22)21-17(24(25,26)27)4-3-9-29-21/h3-11,13,33H,12H2,1-2H3,(H2,28,34,35)(H,30,31,32). The second-order valence-electron chi connectivity index (χ2n) is 8.77. The zero-order valence-electron chi connectivity index (χ0n) is 19.2. The Morgan fingerprint density at radius 2 is 1.75 bits per heavy atom. The van der Waals surface area contributed by atoms with Gasteiger partial charge in [-0.05, 0) is 48.0 Å². The maximum Gasteiger partial charge on any atom is 0.418 e. The number of nitrogens with one attached hydrogen (secondary N) is 1. The Morgan fingerprint density at radius 3 is 2.42 bits per heavy atom. The van der Waals surface area contributed by atoms with E-state index in [1.165, 1.54) is 42.9 Å². The summed E-state index contributed by atoms with van der Waals surface area (Å²) in [5, 5.41) is 18.8. The normalized spacial score (nSPS) is 12.6. The van der Waals surface area contributed by atoms with Crippen LogP contribution in [0.4, 0.5) is 24.7 Å². The smallest absolute Gasteiger partial charge is 0.395 e. The number of primary sulfonamides is 1. The quantitative estimate of drug-likeness (QED) is 0.346. The summed E-state index contributed by atoms with van der Waals surface area (Å²) in [6.07, 6.45) is -2.02. The molecule has 0 atom stereocenters. The Labute approximate surface area is 205 Å². The Morgan fingerprint density at radius 1 is 1.00 bits per heavy atom. The van der Waals surface area contributed by atoms with E-state index in [2.05, 4.69) is 20.3 Å². The van der Waals surface area contributed by atoms with Crippen LogP contribution in [0.5, 0.6) is 0 Å². The number of rotatable bonds is 6. The van der Waals surface area contributed by atoms with Gasteiger partial charge in [0.15, 0.2) is 0 Å². The van der Waals surface area contributed by atoms with E-state index in [0.29, 0.717) is 28.0 Å².